The van der Waals surface area contributed by atoms with Crippen LogP contribution in [0.4, 0.5) is 0 Å². The van der Waals surface area contributed by atoms with E-state index in [0.717, 1.165) is 38.5 Å². The zero-order valence-electron chi connectivity index (χ0n) is 22.7. The molecule has 2 heterocycles. The molecule has 2 bridgehead atoms. The second-order valence-corrected chi connectivity index (χ2v) is 15.5. The quantitative estimate of drug-likeness (QED) is 0.562. The Morgan fingerprint density at radius 1 is 0.943 bits per heavy atom. The molecule has 3 spiro atoms. The highest BCUT2D eigenvalue weighted by Gasteiger charge is 2.88. The van der Waals surface area contributed by atoms with Gasteiger partial charge in [-0.2, -0.15) is 0 Å². The third-order valence-corrected chi connectivity index (χ3v) is 13.7. The van der Waals surface area contributed by atoms with Gasteiger partial charge in [-0.05, 0) is 92.8 Å². The van der Waals surface area contributed by atoms with Crippen molar-refractivity contribution in [2.45, 2.75) is 123 Å². The maximum atomic E-state index is 14.9. The Bertz CT molecular complexity index is 1040. The summed E-state index contributed by atoms with van der Waals surface area (Å²) in [5.41, 5.74) is -1.59. The van der Waals surface area contributed by atoms with Crippen LogP contribution in [0.25, 0.3) is 0 Å². The van der Waals surface area contributed by atoms with Crippen molar-refractivity contribution in [3.8, 4) is 0 Å². The van der Waals surface area contributed by atoms with Gasteiger partial charge in [0.15, 0.2) is 5.78 Å². The van der Waals surface area contributed by atoms with Gasteiger partial charge in [-0.3, -0.25) is 9.59 Å². The summed E-state index contributed by atoms with van der Waals surface area (Å²) in [5, 5.41) is 10.9. The molecule has 4 unspecified atom stereocenters. The highest BCUT2D eigenvalue weighted by Crippen LogP contribution is 2.89. The third kappa shape index (κ3) is 2.20. The second-order valence-electron chi connectivity index (χ2n) is 15.5. The number of rotatable bonds is 1. The molecular weight excluding hydrogens is 440 g/mol. The van der Waals surface area contributed by atoms with E-state index < -0.39 is 22.9 Å². The lowest BCUT2D eigenvalue weighted by Crippen LogP contribution is -2.58. The van der Waals surface area contributed by atoms with Crippen molar-refractivity contribution in [3.05, 3.63) is 0 Å². The molecule has 5 nitrogen and oxygen atoms in total. The first-order valence-electron chi connectivity index (χ1n) is 14.3. The summed E-state index contributed by atoms with van der Waals surface area (Å²) in [7, 11) is 0. The average molecular weight is 485 g/mol. The molecule has 35 heavy (non-hydrogen) atoms. The fraction of sp³-hybridized carbons (Fsp3) is 0.933. The Morgan fingerprint density at radius 3 is 2.29 bits per heavy atom. The molecule has 11 atom stereocenters. The Hall–Kier alpha value is -0.780. The fourth-order valence-corrected chi connectivity index (χ4v) is 12.2. The first-order chi connectivity index (χ1) is 16.1. The van der Waals surface area contributed by atoms with E-state index in [0.29, 0.717) is 30.0 Å². The van der Waals surface area contributed by atoms with Crippen LogP contribution in [0.3, 0.4) is 0 Å². The maximum Gasteiger partial charge on any atom is 0.234 e. The van der Waals surface area contributed by atoms with Gasteiger partial charge in [0.05, 0.1) is 11.7 Å². The Kier molecular flexibility index (Phi) is 4.07. The molecule has 7 rings (SSSR count). The number of aliphatic hydroxyl groups is 1. The predicted molar refractivity (Wildman–Crippen MR) is 130 cm³/mol. The number of hydrogen-bond acceptors (Lipinski definition) is 5. The zero-order valence-corrected chi connectivity index (χ0v) is 22.7. The van der Waals surface area contributed by atoms with Crippen LogP contribution < -0.4 is 0 Å². The molecule has 2 aliphatic heterocycles. The molecule has 7 aliphatic rings. The van der Waals surface area contributed by atoms with Crippen LogP contribution in [-0.2, 0) is 19.1 Å². The summed E-state index contributed by atoms with van der Waals surface area (Å²) in [5.74, 6) is 0.471. The Labute approximate surface area is 210 Å². The maximum absolute atomic E-state index is 14.9. The van der Waals surface area contributed by atoms with E-state index >= 15 is 0 Å². The minimum Gasteiger partial charge on any atom is -0.388 e. The molecule has 5 heteroatoms. The summed E-state index contributed by atoms with van der Waals surface area (Å²) in [6.45, 7) is 14.9. The van der Waals surface area contributed by atoms with Gasteiger partial charge in [-0.15, -0.1) is 0 Å². The lowest BCUT2D eigenvalue weighted by Gasteiger charge is -2.61. The minimum absolute atomic E-state index is 0.0187. The molecule has 0 aromatic heterocycles. The van der Waals surface area contributed by atoms with E-state index in [-0.39, 0.29) is 39.5 Å². The molecule has 0 radical (unpaired) electrons. The zero-order chi connectivity index (χ0) is 25.2. The molecule has 5 aliphatic carbocycles. The van der Waals surface area contributed by atoms with Crippen molar-refractivity contribution >= 4 is 11.6 Å². The SMILES string of the molecule is C[C@@H]1CC2O[C@@]3(O[C@H]2C(C)(C)O)C(=O)[C@@]2(C)C4CCC5C(C)(C)C(=O)CC[C@@]56C[C@@]46CC[C@]2(C)C13. The van der Waals surface area contributed by atoms with E-state index in [1.165, 1.54) is 6.42 Å². The molecule has 1 N–H and O–H groups in total. The number of Topliss-reactive ketones (excluding diaryl/α,β-unsaturated/α-hetero) is 2. The van der Waals surface area contributed by atoms with Crippen LogP contribution in [0.2, 0.25) is 0 Å². The molecule has 0 aromatic carbocycles. The fourth-order valence-electron chi connectivity index (χ4n) is 12.2. The van der Waals surface area contributed by atoms with E-state index in [2.05, 4.69) is 34.6 Å². The summed E-state index contributed by atoms with van der Waals surface area (Å²) < 4.78 is 13.3. The predicted octanol–water partition coefficient (Wildman–Crippen LogP) is 5.07. The lowest BCUT2D eigenvalue weighted by atomic mass is 9.41. The van der Waals surface area contributed by atoms with Crippen LogP contribution in [0.5, 0.6) is 0 Å². The Morgan fingerprint density at radius 2 is 1.60 bits per heavy atom. The lowest BCUT2D eigenvalue weighted by molar-refractivity contribution is -0.236. The number of ether oxygens (including phenoxy) is 2. The van der Waals surface area contributed by atoms with Crippen LogP contribution in [-0.4, -0.2) is 40.3 Å². The molecular formula is C30H44O5. The van der Waals surface area contributed by atoms with Gasteiger partial charge in [0.2, 0.25) is 5.79 Å². The van der Waals surface area contributed by atoms with Crippen LogP contribution in [0.1, 0.15) is 99.8 Å². The number of carbonyl (C=O) groups excluding carboxylic acids is 2. The summed E-state index contributed by atoms with van der Waals surface area (Å²) in [6.07, 6.45) is 7.28. The van der Waals surface area contributed by atoms with Crippen molar-refractivity contribution in [2.24, 2.45) is 50.7 Å². The van der Waals surface area contributed by atoms with Gasteiger partial charge < -0.3 is 14.6 Å². The van der Waals surface area contributed by atoms with E-state index in [1.807, 2.05) is 0 Å². The topological polar surface area (TPSA) is 72.8 Å². The smallest absolute Gasteiger partial charge is 0.234 e. The van der Waals surface area contributed by atoms with Gasteiger partial charge in [-0.1, -0.05) is 34.6 Å². The van der Waals surface area contributed by atoms with E-state index in [4.69, 9.17) is 9.47 Å². The van der Waals surface area contributed by atoms with Crippen molar-refractivity contribution in [1.82, 2.24) is 0 Å². The summed E-state index contributed by atoms with van der Waals surface area (Å²) in [6, 6.07) is 0. The molecule has 0 aromatic rings. The monoisotopic (exact) mass is 484 g/mol. The Balaban J connectivity index is 1.34. The van der Waals surface area contributed by atoms with Crippen LogP contribution >= 0.6 is 0 Å². The largest absolute Gasteiger partial charge is 0.388 e. The first-order valence-corrected chi connectivity index (χ1v) is 14.3. The summed E-state index contributed by atoms with van der Waals surface area (Å²) in [4.78, 5) is 27.8. The summed E-state index contributed by atoms with van der Waals surface area (Å²) >= 11 is 0. The van der Waals surface area contributed by atoms with Gasteiger partial charge in [0.25, 0.3) is 0 Å². The van der Waals surface area contributed by atoms with Gasteiger partial charge in [0, 0.05) is 23.2 Å². The van der Waals surface area contributed by atoms with Crippen LogP contribution in [0, 0.1) is 50.7 Å². The van der Waals surface area contributed by atoms with Crippen molar-refractivity contribution in [2.75, 3.05) is 0 Å². The molecule has 7 fully saturated rings. The normalized spacial score (nSPS) is 59.8. The second kappa shape index (κ2) is 6.10. The van der Waals surface area contributed by atoms with E-state index in [9.17, 15) is 14.7 Å². The highest BCUT2D eigenvalue weighted by molar-refractivity contribution is 5.96. The number of hydrogen-bond donors (Lipinski definition) is 1. The average Bonchev–Trinajstić information content (AvgIpc) is 3.28. The first kappa shape index (κ1) is 23.3. The number of carbonyl (C=O) groups is 2. The minimum atomic E-state index is -1.22. The van der Waals surface area contributed by atoms with Gasteiger partial charge in [0.1, 0.15) is 11.9 Å². The van der Waals surface area contributed by atoms with Crippen LogP contribution in [0.15, 0.2) is 0 Å². The molecule has 2 saturated heterocycles. The van der Waals surface area contributed by atoms with Crippen molar-refractivity contribution in [3.63, 3.8) is 0 Å². The van der Waals surface area contributed by atoms with Crippen molar-refractivity contribution in [1.29, 1.82) is 0 Å². The highest BCUT2D eigenvalue weighted by atomic mass is 16.8. The molecule has 194 valence electrons. The van der Waals surface area contributed by atoms with Gasteiger partial charge >= 0.3 is 0 Å². The van der Waals surface area contributed by atoms with E-state index in [1.54, 1.807) is 13.8 Å². The van der Waals surface area contributed by atoms with Gasteiger partial charge in [-0.25, -0.2) is 0 Å². The number of fused-ring (bicyclic) bond motifs is 4. The molecule has 0 amide bonds. The molecule has 5 saturated carbocycles. The third-order valence-electron chi connectivity index (χ3n) is 13.7. The van der Waals surface area contributed by atoms with Crippen molar-refractivity contribution < 1.29 is 24.2 Å². The standard InChI is InChI=1S/C30H44O5/c1-16-14-17-22(25(4,5)33)35-30(34-17)21(16)26(6)12-13-29-15-28(29)11-10-20(31)24(2,3)18(28)8-9-19(29)27(26,7)23(30)32/h16-19,21-22,33H,8-15H2,1-7H3/t16-,17?,18?,19?,21?,22-,26-,27-,28-,29+,30+/m1/s1. The number of ketones is 2.